The highest BCUT2D eigenvalue weighted by Gasteiger charge is 2.38. The van der Waals surface area contributed by atoms with Crippen molar-refractivity contribution in [3.05, 3.63) is 21.9 Å². The number of hydrogen-bond donors (Lipinski definition) is 0. The highest BCUT2D eigenvalue weighted by molar-refractivity contribution is 7.10. The molecule has 1 aromatic rings. The van der Waals surface area contributed by atoms with Gasteiger partial charge in [0.15, 0.2) is 5.78 Å². The molecule has 1 aromatic heterocycles. The summed E-state index contributed by atoms with van der Waals surface area (Å²) in [6.07, 6.45) is 1.77. The Morgan fingerprint density at radius 2 is 2.11 bits per heavy atom. The summed E-state index contributed by atoms with van der Waals surface area (Å²) in [7, 11) is 0. The molecule has 3 rings (SSSR count). The second-order valence-corrected chi connectivity index (χ2v) is 5.78. The molecule has 1 atom stereocenters. The fourth-order valence-corrected chi connectivity index (χ4v) is 3.53. The molecule has 4 nitrogen and oxygen atoms in total. The first-order chi connectivity index (χ1) is 8.66. The quantitative estimate of drug-likeness (QED) is 0.573. The van der Waals surface area contributed by atoms with Gasteiger partial charge in [-0.3, -0.25) is 14.4 Å². The Bertz CT molecular complexity index is 534. The highest BCUT2D eigenvalue weighted by Crippen LogP contribution is 2.31. The zero-order valence-electron chi connectivity index (χ0n) is 9.85. The van der Waals surface area contributed by atoms with Crippen molar-refractivity contribution >= 4 is 28.8 Å². The lowest BCUT2D eigenvalue weighted by Gasteiger charge is -2.25. The molecule has 5 heteroatoms. The van der Waals surface area contributed by atoms with Gasteiger partial charge in [-0.25, -0.2) is 0 Å². The third kappa shape index (κ3) is 1.79. The van der Waals surface area contributed by atoms with E-state index in [1.807, 2.05) is 11.4 Å². The Morgan fingerprint density at radius 1 is 1.28 bits per heavy atom. The summed E-state index contributed by atoms with van der Waals surface area (Å²) in [5.41, 5.74) is 0.725. The molecular weight excluding hydrogens is 250 g/mol. The zero-order chi connectivity index (χ0) is 12.7. The monoisotopic (exact) mass is 263 g/mol. The molecular formula is C13H13NO3S. The molecule has 2 aliphatic rings. The van der Waals surface area contributed by atoms with E-state index >= 15 is 0 Å². The van der Waals surface area contributed by atoms with Gasteiger partial charge in [-0.15, -0.1) is 11.3 Å². The standard InChI is InChI=1S/C13H13NO3S/c15-8-2-1-3-10(11(16)6-8)14-7-12-9(13(14)17)4-5-18-12/h4-5,10H,1-3,6-7H2/t10-/m1/s1. The second kappa shape index (κ2) is 4.31. The first kappa shape index (κ1) is 11.6. The van der Waals surface area contributed by atoms with Crippen LogP contribution in [-0.2, 0) is 16.1 Å². The number of nitrogens with zero attached hydrogens (tertiary/aromatic N) is 1. The van der Waals surface area contributed by atoms with E-state index in [2.05, 4.69) is 0 Å². The van der Waals surface area contributed by atoms with Crippen molar-refractivity contribution in [3.8, 4) is 0 Å². The van der Waals surface area contributed by atoms with E-state index in [4.69, 9.17) is 0 Å². The van der Waals surface area contributed by atoms with Gasteiger partial charge >= 0.3 is 0 Å². The molecule has 1 fully saturated rings. The van der Waals surface area contributed by atoms with Crippen LogP contribution in [0.4, 0.5) is 0 Å². The Balaban J connectivity index is 1.84. The van der Waals surface area contributed by atoms with Crippen molar-refractivity contribution < 1.29 is 14.4 Å². The van der Waals surface area contributed by atoms with Gasteiger partial charge in [0.2, 0.25) is 0 Å². The van der Waals surface area contributed by atoms with Gasteiger partial charge in [0.25, 0.3) is 5.91 Å². The molecule has 0 radical (unpaired) electrons. The summed E-state index contributed by atoms with van der Waals surface area (Å²) in [5.74, 6) is -0.149. The van der Waals surface area contributed by atoms with Crippen LogP contribution in [-0.4, -0.2) is 28.4 Å². The van der Waals surface area contributed by atoms with Crippen molar-refractivity contribution in [2.45, 2.75) is 38.3 Å². The summed E-state index contributed by atoms with van der Waals surface area (Å²) in [6, 6.07) is 1.41. The van der Waals surface area contributed by atoms with Crippen LogP contribution in [0.15, 0.2) is 11.4 Å². The van der Waals surface area contributed by atoms with Gasteiger partial charge in [0.1, 0.15) is 5.78 Å². The molecule has 1 amide bonds. The molecule has 0 aromatic carbocycles. The van der Waals surface area contributed by atoms with E-state index in [0.717, 1.165) is 10.4 Å². The number of fused-ring (bicyclic) bond motifs is 1. The predicted molar refractivity (Wildman–Crippen MR) is 66.5 cm³/mol. The minimum atomic E-state index is -0.399. The molecule has 18 heavy (non-hydrogen) atoms. The summed E-state index contributed by atoms with van der Waals surface area (Å²) in [5, 5.41) is 1.90. The number of rotatable bonds is 1. The molecule has 94 valence electrons. The SMILES string of the molecule is O=C1CCC[C@@H](N2Cc3sccc3C2=O)C(=O)C1. The maximum atomic E-state index is 12.2. The van der Waals surface area contributed by atoms with Crippen LogP contribution in [0, 0.1) is 0 Å². The number of Topliss-reactive ketones (excluding diaryl/α,β-unsaturated/α-hetero) is 2. The minimum Gasteiger partial charge on any atom is -0.323 e. The number of carbonyl (C=O) groups is 3. The Labute approximate surface area is 109 Å². The topological polar surface area (TPSA) is 54.5 Å². The Kier molecular flexibility index (Phi) is 2.78. The number of thiophene rings is 1. The predicted octanol–water partition coefficient (Wildman–Crippen LogP) is 1.78. The van der Waals surface area contributed by atoms with Crippen molar-refractivity contribution in [2.75, 3.05) is 0 Å². The lowest BCUT2D eigenvalue weighted by atomic mass is 10.1. The molecule has 0 saturated heterocycles. The fraction of sp³-hybridized carbons (Fsp3) is 0.462. The molecule has 2 heterocycles. The van der Waals surface area contributed by atoms with Crippen molar-refractivity contribution in [1.29, 1.82) is 0 Å². The first-order valence-corrected chi connectivity index (χ1v) is 6.96. The third-order valence-electron chi connectivity index (χ3n) is 3.60. The molecule has 0 unspecified atom stereocenters. The van der Waals surface area contributed by atoms with Gasteiger partial charge in [0.05, 0.1) is 24.6 Å². The van der Waals surface area contributed by atoms with Crippen LogP contribution in [0.3, 0.4) is 0 Å². The van der Waals surface area contributed by atoms with Gasteiger partial charge in [0, 0.05) is 11.3 Å². The normalized spacial score (nSPS) is 24.3. The molecule has 0 N–H and O–H groups in total. The smallest absolute Gasteiger partial charge is 0.255 e. The lowest BCUT2D eigenvalue weighted by Crippen LogP contribution is -2.41. The number of carbonyl (C=O) groups excluding carboxylic acids is 3. The van der Waals surface area contributed by atoms with Crippen molar-refractivity contribution in [2.24, 2.45) is 0 Å². The molecule has 1 saturated carbocycles. The van der Waals surface area contributed by atoms with E-state index in [1.165, 1.54) is 0 Å². The van der Waals surface area contributed by atoms with Crippen LogP contribution >= 0.6 is 11.3 Å². The zero-order valence-corrected chi connectivity index (χ0v) is 10.7. The summed E-state index contributed by atoms with van der Waals surface area (Å²) in [6.45, 7) is 0.524. The van der Waals surface area contributed by atoms with E-state index < -0.39 is 6.04 Å². The first-order valence-electron chi connectivity index (χ1n) is 6.08. The Hall–Kier alpha value is -1.49. The minimum absolute atomic E-state index is 0.00363. The molecule has 0 spiro atoms. The number of amides is 1. The van der Waals surface area contributed by atoms with Crippen molar-refractivity contribution in [3.63, 3.8) is 0 Å². The maximum absolute atomic E-state index is 12.2. The molecule has 0 bridgehead atoms. The van der Waals surface area contributed by atoms with E-state index in [0.29, 0.717) is 25.8 Å². The van der Waals surface area contributed by atoms with Crippen LogP contribution in [0.25, 0.3) is 0 Å². The van der Waals surface area contributed by atoms with Gasteiger partial charge in [-0.05, 0) is 24.3 Å². The van der Waals surface area contributed by atoms with Crippen LogP contribution in [0.5, 0.6) is 0 Å². The van der Waals surface area contributed by atoms with Crippen LogP contribution < -0.4 is 0 Å². The second-order valence-electron chi connectivity index (χ2n) is 4.78. The number of hydrogen-bond acceptors (Lipinski definition) is 4. The average molecular weight is 263 g/mol. The van der Waals surface area contributed by atoms with Crippen LogP contribution in [0.1, 0.15) is 40.9 Å². The average Bonchev–Trinajstić information content (AvgIpc) is 2.84. The fourth-order valence-electron chi connectivity index (χ4n) is 2.67. The van der Waals surface area contributed by atoms with Gasteiger partial charge in [-0.2, -0.15) is 0 Å². The van der Waals surface area contributed by atoms with E-state index in [9.17, 15) is 14.4 Å². The molecule has 1 aliphatic carbocycles. The largest absolute Gasteiger partial charge is 0.323 e. The van der Waals surface area contributed by atoms with Gasteiger partial charge < -0.3 is 4.90 Å². The lowest BCUT2D eigenvalue weighted by molar-refractivity contribution is -0.128. The number of ketones is 2. The highest BCUT2D eigenvalue weighted by atomic mass is 32.1. The van der Waals surface area contributed by atoms with Gasteiger partial charge in [-0.1, -0.05) is 0 Å². The third-order valence-corrected chi connectivity index (χ3v) is 4.51. The van der Waals surface area contributed by atoms with Crippen LogP contribution in [0.2, 0.25) is 0 Å². The summed E-state index contributed by atoms with van der Waals surface area (Å²) < 4.78 is 0. The summed E-state index contributed by atoms with van der Waals surface area (Å²) >= 11 is 1.55. The summed E-state index contributed by atoms with van der Waals surface area (Å²) in [4.78, 5) is 38.3. The van der Waals surface area contributed by atoms with E-state index in [1.54, 1.807) is 16.2 Å². The Morgan fingerprint density at radius 3 is 2.89 bits per heavy atom. The molecule has 1 aliphatic heterocycles. The van der Waals surface area contributed by atoms with E-state index in [-0.39, 0.29) is 23.9 Å². The maximum Gasteiger partial charge on any atom is 0.255 e. The van der Waals surface area contributed by atoms with Crippen molar-refractivity contribution in [1.82, 2.24) is 4.90 Å².